The lowest BCUT2D eigenvalue weighted by Crippen LogP contribution is -2.50. The number of carbonyl (C=O) groups is 1. The number of guanidine groups is 1. The molecule has 0 spiro atoms. The highest BCUT2D eigenvalue weighted by Crippen LogP contribution is 2.17. The number of aliphatic imine (C=N–C) groups is 1. The van der Waals surface area contributed by atoms with Crippen molar-refractivity contribution in [1.29, 1.82) is 0 Å². The fourth-order valence-corrected chi connectivity index (χ4v) is 3.68. The third-order valence-corrected chi connectivity index (χ3v) is 4.93. The highest BCUT2D eigenvalue weighted by molar-refractivity contribution is 5.81. The maximum Gasteiger partial charge on any atom is 0.221 e. The summed E-state index contributed by atoms with van der Waals surface area (Å²) in [5.74, 6) is 1.52. The summed E-state index contributed by atoms with van der Waals surface area (Å²) >= 11 is 0. The molecule has 1 heterocycles. The second-order valence-electron chi connectivity index (χ2n) is 7.83. The molecule has 0 radical (unpaired) electrons. The normalized spacial score (nSPS) is 22.6. The predicted molar refractivity (Wildman–Crippen MR) is 105 cm³/mol. The van der Waals surface area contributed by atoms with Gasteiger partial charge in [-0.15, -0.1) is 0 Å². The van der Waals surface area contributed by atoms with Crippen molar-refractivity contribution in [3.05, 3.63) is 0 Å². The summed E-state index contributed by atoms with van der Waals surface area (Å²) in [6, 6.07) is 0.386. The average Bonchev–Trinajstić information content (AvgIpc) is 3.10. The zero-order valence-corrected chi connectivity index (χ0v) is 16.7. The fourth-order valence-electron chi connectivity index (χ4n) is 3.68. The molecule has 2 aliphatic rings. The lowest BCUT2D eigenvalue weighted by atomic mass is 10.2. The van der Waals surface area contributed by atoms with Gasteiger partial charge in [-0.1, -0.05) is 26.7 Å². The van der Waals surface area contributed by atoms with Crippen LogP contribution in [0.15, 0.2) is 4.99 Å². The van der Waals surface area contributed by atoms with E-state index in [4.69, 9.17) is 4.74 Å². The molecule has 0 aromatic rings. The van der Waals surface area contributed by atoms with E-state index < -0.39 is 0 Å². The van der Waals surface area contributed by atoms with Crippen LogP contribution in [0.4, 0.5) is 0 Å². The molecule has 7 heteroatoms. The first-order valence-electron chi connectivity index (χ1n) is 10.1. The predicted octanol–water partition coefficient (Wildman–Crippen LogP) is 0.957. The van der Waals surface area contributed by atoms with Gasteiger partial charge in [0.15, 0.2) is 5.96 Å². The first kappa shape index (κ1) is 21.0. The van der Waals surface area contributed by atoms with E-state index in [1.54, 1.807) is 7.05 Å². The molecule has 0 aromatic carbocycles. The third kappa shape index (κ3) is 7.91. The van der Waals surface area contributed by atoms with Crippen molar-refractivity contribution in [1.82, 2.24) is 20.9 Å². The Kier molecular flexibility index (Phi) is 9.18. The zero-order valence-electron chi connectivity index (χ0n) is 16.7. The Hall–Kier alpha value is -1.34. The number of hydrogen-bond acceptors (Lipinski definition) is 4. The molecule has 1 aliphatic carbocycles. The lowest BCUT2D eigenvalue weighted by Gasteiger charge is -2.34. The van der Waals surface area contributed by atoms with Gasteiger partial charge in [0.25, 0.3) is 0 Å². The van der Waals surface area contributed by atoms with Crippen LogP contribution in [-0.2, 0) is 9.53 Å². The van der Waals surface area contributed by atoms with E-state index in [0.29, 0.717) is 24.9 Å². The van der Waals surface area contributed by atoms with Crippen LogP contribution in [0.5, 0.6) is 0 Å². The second-order valence-corrected chi connectivity index (χ2v) is 7.83. The number of carbonyl (C=O) groups excluding carboxylic acids is 1. The number of hydrogen-bond donors (Lipinski definition) is 3. The van der Waals surface area contributed by atoms with Crippen molar-refractivity contribution in [2.75, 3.05) is 46.4 Å². The fraction of sp³-hybridized carbons (Fsp3) is 0.895. The van der Waals surface area contributed by atoms with Gasteiger partial charge in [0, 0.05) is 52.2 Å². The van der Waals surface area contributed by atoms with Gasteiger partial charge in [0.05, 0.1) is 12.7 Å². The summed E-state index contributed by atoms with van der Waals surface area (Å²) in [7, 11) is 1.75. The number of nitrogens with zero attached hydrogens (tertiary/aromatic N) is 2. The average molecular weight is 368 g/mol. The SMILES string of the molecule is CN=C(NCCC(=O)NC1CCCC1)NCC1CN(CC(C)C)CCO1. The van der Waals surface area contributed by atoms with Crippen LogP contribution in [0, 0.1) is 5.92 Å². The Balaban J connectivity index is 1.60. The second kappa shape index (κ2) is 11.4. The zero-order chi connectivity index (χ0) is 18.8. The first-order valence-corrected chi connectivity index (χ1v) is 10.1. The Morgan fingerprint density at radius 3 is 2.73 bits per heavy atom. The Morgan fingerprint density at radius 1 is 1.27 bits per heavy atom. The molecule has 0 bridgehead atoms. The Bertz CT molecular complexity index is 449. The summed E-state index contributed by atoms with van der Waals surface area (Å²) < 4.78 is 5.85. The number of morpholine rings is 1. The van der Waals surface area contributed by atoms with E-state index in [1.165, 1.54) is 12.8 Å². The van der Waals surface area contributed by atoms with Gasteiger partial charge < -0.3 is 20.7 Å². The molecule has 1 unspecified atom stereocenters. The molecule has 3 N–H and O–H groups in total. The minimum atomic E-state index is 0.125. The van der Waals surface area contributed by atoms with E-state index in [1.807, 2.05) is 0 Å². The molecule has 1 amide bonds. The van der Waals surface area contributed by atoms with Crippen molar-refractivity contribution < 1.29 is 9.53 Å². The van der Waals surface area contributed by atoms with E-state index in [-0.39, 0.29) is 12.0 Å². The number of nitrogens with one attached hydrogen (secondary N) is 3. The molecule has 1 aliphatic heterocycles. The van der Waals surface area contributed by atoms with Crippen molar-refractivity contribution in [2.24, 2.45) is 10.9 Å². The minimum absolute atomic E-state index is 0.125. The maximum atomic E-state index is 12.0. The summed E-state index contributed by atoms with van der Waals surface area (Å²) in [5, 5.41) is 9.64. The largest absolute Gasteiger partial charge is 0.374 e. The lowest BCUT2D eigenvalue weighted by molar-refractivity contribution is -0.121. The third-order valence-electron chi connectivity index (χ3n) is 4.93. The molecule has 7 nitrogen and oxygen atoms in total. The van der Waals surface area contributed by atoms with E-state index in [2.05, 4.69) is 39.7 Å². The van der Waals surface area contributed by atoms with Crippen LogP contribution in [0.2, 0.25) is 0 Å². The number of amides is 1. The van der Waals surface area contributed by atoms with Crippen LogP contribution in [-0.4, -0.2) is 75.3 Å². The monoisotopic (exact) mass is 367 g/mol. The van der Waals surface area contributed by atoms with E-state index in [9.17, 15) is 4.79 Å². The summed E-state index contributed by atoms with van der Waals surface area (Å²) in [4.78, 5) is 18.7. The van der Waals surface area contributed by atoms with E-state index >= 15 is 0 Å². The van der Waals surface area contributed by atoms with Gasteiger partial charge in [-0.25, -0.2) is 0 Å². The van der Waals surface area contributed by atoms with Gasteiger partial charge in [-0.2, -0.15) is 0 Å². The molecule has 1 saturated heterocycles. The molecule has 150 valence electrons. The van der Waals surface area contributed by atoms with Crippen LogP contribution < -0.4 is 16.0 Å². The topological polar surface area (TPSA) is 78.0 Å². The van der Waals surface area contributed by atoms with Crippen molar-refractivity contribution in [3.8, 4) is 0 Å². The van der Waals surface area contributed by atoms with Crippen molar-refractivity contribution in [3.63, 3.8) is 0 Å². The van der Waals surface area contributed by atoms with Gasteiger partial charge in [-0.05, 0) is 18.8 Å². The first-order chi connectivity index (χ1) is 12.6. The van der Waals surface area contributed by atoms with Crippen LogP contribution in [0.3, 0.4) is 0 Å². The highest BCUT2D eigenvalue weighted by Gasteiger charge is 2.21. The molecule has 1 atom stereocenters. The van der Waals surface area contributed by atoms with Crippen molar-refractivity contribution >= 4 is 11.9 Å². The van der Waals surface area contributed by atoms with Gasteiger partial charge >= 0.3 is 0 Å². The quantitative estimate of drug-likeness (QED) is 0.440. The smallest absolute Gasteiger partial charge is 0.221 e. The molecule has 2 rings (SSSR count). The molecule has 1 saturated carbocycles. The van der Waals surface area contributed by atoms with Crippen LogP contribution >= 0.6 is 0 Å². The number of ether oxygens (including phenoxy) is 1. The maximum absolute atomic E-state index is 12.0. The van der Waals surface area contributed by atoms with Gasteiger partial charge in [-0.3, -0.25) is 14.7 Å². The standard InChI is InChI=1S/C19H37N5O2/c1-15(2)13-24-10-11-26-17(14-24)12-22-19(20-3)21-9-8-18(25)23-16-6-4-5-7-16/h15-17H,4-14H2,1-3H3,(H,23,25)(H2,20,21,22). The van der Waals surface area contributed by atoms with Gasteiger partial charge in [0.2, 0.25) is 5.91 Å². The minimum Gasteiger partial charge on any atom is -0.374 e. The van der Waals surface area contributed by atoms with Crippen LogP contribution in [0.25, 0.3) is 0 Å². The highest BCUT2D eigenvalue weighted by atomic mass is 16.5. The Morgan fingerprint density at radius 2 is 2.04 bits per heavy atom. The summed E-state index contributed by atoms with van der Waals surface area (Å²) in [6.07, 6.45) is 5.36. The molecular formula is C19H37N5O2. The van der Waals surface area contributed by atoms with Crippen molar-refractivity contribution in [2.45, 2.75) is 58.1 Å². The van der Waals surface area contributed by atoms with Crippen LogP contribution in [0.1, 0.15) is 46.0 Å². The summed E-state index contributed by atoms with van der Waals surface area (Å²) in [6.45, 7) is 9.67. The molecule has 0 aromatic heterocycles. The van der Waals surface area contributed by atoms with E-state index in [0.717, 1.165) is 51.6 Å². The van der Waals surface area contributed by atoms with Gasteiger partial charge in [0.1, 0.15) is 0 Å². The molecule has 26 heavy (non-hydrogen) atoms. The molecule has 2 fully saturated rings. The molecular weight excluding hydrogens is 330 g/mol. The summed E-state index contributed by atoms with van der Waals surface area (Å²) in [5.41, 5.74) is 0. The number of rotatable bonds is 8. The Labute approximate surface area is 158 Å².